The van der Waals surface area contributed by atoms with Crippen LogP contribution in [0, 0.1) is 0 Å². The van der Waals surface area contributed by atoms with E-state index in [1.54, 1.807) is 0 Å². The third-order valence-corrected chi connectivity index (χ3v) is 3.53. The molecule has 0 fully saturated rings. The second kappa shape index (κ2) is 9.79. The minimum absolute atomic E-state index is 0.00392. The fraction of sp³-hybridized carbons (Fsp3) is 0.278. The first-order valence-electron chi connectivity index (χ1n) is 7.47. The van der Waals surface area contributed by atoms with E-state index in [0.29, 0.717) is 19.0 Å². The van der Waals surface area contributed by atoms with Gasteiger partial charge in [-0.2, -0.15) is 11.8 Å². The van der Waals surface area contributed by atoms with Crippen LogP contribution >= 0.6 is 11.8 Å². The van der Waals surface area contributed by atoms with Gasteiger partial charge in [-0.25, -0.2) is 0 Å². The molecule has 1 N–H and O–H groups in total. The third-order valence-electron chi connectivity index (χ3n) is 2.98. The lowest BCUT2D eigenvalue weighted by Crippen LogP contribution is -2.13. The second-order valence-electron chi connectivity index (χ2n) is 4.87. The molecule has 0 atom stereocenters. The van der Waals surface area contributed by atoms with Crippen LogP contribution < -0.4 is 14.8 Å². The lowest BCUT2D eigenvalue weighted by Gasteiger charge is -2.09. The van der Waals surface area contributed by atoms with E-state index in [-0.39, 0.29) is 5.91 Å². The standard InChI is InChI=1S/C18H21NO3S/c1-23-14-18(20)19-15-8-10-17(11-9-15)22-13-5-12-21-16-6-3-2-4-7-16/h2-4,6-11H,5,12-14H2,1H3,(H,19,20). The number of carbonyl (C=O) groups excluding carboxylic acids is 1. The van der Waals surface area contributed by atoms with E-state index in [4.69, 9.17) is 9.47 Å². The number of benzene rings is 2. The Balaban J connectivity index is 1.65. The summed E-state index contributed by atoms with van der Waals surface area (Å²) >= 11 is 1.50. The van der Waals surface area contributed by atoms with Crippen LogP contribution in [0.3, 0.4) is 0 Å². The highest BCUT2D eigenvalue weighted by molar-refractivity contribution is 7.99. The number of nitrogens with one attached hydrogen (secondary N) is 1. The van der Waals surface area contributed by atoms with E-state index >= 15 is 0 Å². The number of rotatable bonds is 9. The number of para-hydroxylation sites is 1. The van der Waals surface area contributed by atoms with Gasteiger partial charge in [0, 0.05) is 12.1 Å². The summed E-state index contributed by atoms with van der Waals surface area (Å²) in [6.45, 7) is 1.21. The predicted octanol–water partition coefficient (Wildman–Crippen LogP) is 3.84. The van der Waals surface area contributed by atoms with Gasteiger partial charge in [0.1, 0.15) is 11.5 Å². The van der Waals surface area contributed by atoms with E-state index in [1.807, 2.05) is 60.9 Å². The molecule has 0 radical (unpaired) electrons. The Bertz CT molecular complexity index is 587. The number of thioether (sulfide) groups is 1. The molecule has 2 aromatic carbocycles. The molecule has 4 nitrogen and oxygen atoms in total. The summed E-state index contributed by atoms with van der Waals surface area (Å²) in [6.07, 6.45) is 2.71. The zero-order valence-electron chi connectivity index (χ0n) is 13.2. The molecule has 5 heteroatoms. The normalized spacial score (nSPS) is 10.1. The predicted molar refractivity (Wildman–Crippen MR) is 95.5 cm³/mol. The van der Waals surface area contributed by atoms with Gasteiger partial charge in [0.25, 0.3) is 0 Å². The Morgan fingerprint density at radius 1 is 0.957 bits per heavy atom. The molecule has 2 rings (SSSR count). The van der Waals surface area contributed by atoms with Crippen LogP contribution in [0.5, 0.6) is 11.5 Å². The summed E-state index contributed by atoms with van der Waals surface area (Å²) in [5, 5.41) is 2.83. The minimum atomic E-state index is 0.00392. The largest absolute Gasteiger partial charge is 0.493 e. The maximum absolute atomic E-state index is 11.5. The van der Waals surface area contributed by atoms with Gasteiger partial charge in [0.2, 0.25) is 5.91 Å². The Labute approximate surface area is 141 Å². The van der Waals surface area contributed by atoms with Crippen molar-refractivity contribution in [2.45, 2.75) is 6.42 Å². The number of hydrogen-bond acceptors (Lipinski definition) is 4. The van der Waals surface area contributed by atoms with Crippen LogP contribution in [-0.4, -0.2) is 31.1 Å². The van der Waals surface area contributed by atoms with Crippen molar-refractivity contribution in [1.29, 1.82) is 0 Å². The van der Waals surface area contributed by atoms with Crippen molar-refractivity contribution in [3.05, 3.63) is 54.6 Å². The number of ether oxygens (including phenoxy) is 2. The summed E-state index contributed by atoms with van der Waals surface area (Å²) in [6, 6.07) is 17.1. The molecule has 0 aliphatic rings. The van der Waals surface area contributed by atoms with Gasteiger partial charge in [-0.05, 0) is 42.7 Å². The van der Waals surface area contributed by atoms with Crippen molar-refractivity contribution in [3.63, 3.8) is 0 Å². The molecule has 0 unspecified atom stereocenters. The summed E-state index contributed by atoms with van der Waals surface area (Å²) in [7, 11) is 0. The average molecular weight is 331 g/mol. The maximum Gasteiger partial charge on any atom is 0.234 e. The van der Waals surface area contributed by atoms with Gasteiger partial charge in [-0.1, -0.05) is 18.2 Å². The molecule has 2 aromatic rings. The summed E-state index contributed by atoms with van der Waals surface area (Å²) < 4.78 is 11.3. The Kier molecular flexibility index (Phi) is 7.33. The molecule has 0 heterocycles. The van der Waals surface area contributed by atoms with Crippen molar-refractivity contribution in [3.8, 4) is 11.5 Å². The summed E-state index contributed by atoms with van der Waals surface area (Å²) in [5.74, 6) is 2.12. The first kappa shape index (κ1) is 17.2. The Morgan fingerprint density at radius 2 is 1.57 bits per heavy atom. The van der Waals surface area contributed by atoms with E-state index in [0.717, 1.165) is 23.6 Å². The topological polar surface area (TPSA) is 47.6 Å². The Morgan fingerprint density at radius 3 is 2.17 bits per heavy atom. The molecule has 0 aliphatic carbocycles. The van der Waals surface area contributed by atoms with E-state index in [1.165, 1.54) is 11.8 Å². The molecule has 122 valence electrons. The molecule has 1 amide bonds. The van der Waals surface area contributed by atoms with Crippen LogP contribution in [-0.2, 0) is 4.79 Å². The smallest absolute Gasteiger partial charge is 0.234 e. The number of carbonyl (C=O) groups is 1. The van der Waals surface area contributed by atoms with Crippen molar-refractivity contribution in [2.24, 2.45) is 0 Å². The third kappa shape index (κ3) is 6.65. The quantitative estimate of drug-likeness (QED) is 0.709. The SMILES string of the molecule is CSCC(=O)Nc1ccc(OCCCOc2ccccc2)cc1. The first-order chi connectivity index (χ1) is 11.3. The van der Waals surface area contributed by atoms with Crippen LogP contribution in [0.25, 0.3) is 0 Å². The van der Waals surface area contributed by atoms with Crippen LogP contribution in [0.1, 0.15) is 6.42 Å². The molecule has 0 spiro atoms. The molecular weight excluding hydrogens is 310 g/mol. The highest BCUT2D eigenvalue weighted by Gasteiger charge is 2.01. The highest BCUT2D eigenvalue weighted by Crippen LogP contribution is 2.16. The van der Waals surface area contributed by atoms with Crippen LogP contribution in [0.2, 0.25) is 0 Å². The first-order valence-corrected chi connectivity index (χ1v) is 8.87. The lowest BCUT2D eigenvalue weighted by molar-refractivity contribution is -0.113. The number of hydrogen-bond donors (Lipinski definition) is 1. The average Bonchev–Trinajstić information content (AvgIpc) is 2.57. The number of anilines is 1. The zero-order chi connectivity index (χ0) is 16.3. The van der Waals surface area contributed by atoms with Gasteiger partial charge in [0.15, 0.2) is 0 Å². The summed E-state index contributed by atoms with van der Waals surface area (Å²) in [4.78, 5) is 11.5. The molecule has 0 aromatic heterocycles. The van der Waals surface area contributed by atoms with Crippen LogP contribution in [0.15, 0.2) is 54.6 Å². The monoisotopic (exact) mass is 331 g/mol. The number of amides is 1. The molecule has 0 bridgehead atoms. The van der Waals surface area contributed by atoms with Crippen molar-refractivity contribution in [1.82, 2.24) is 0 Å². The fourth-order valence-electron chi connectivity index (χ4n) is 1.92. The van der Waals surface area contributed by atoms with Crippen molar-refractivity contribution < 1.29 is 14.3 Å². The molecule has 0 saturated carbocycles. The molecule has 23 heavy (non-hydrogen) atoms. The van der Waals surface area contributed by atoms with Crippen LogP contribution in [0.4, 0.5) is 5.69 Å². The fourth-order valence-corrected chi connectivity index (χ4v) is 2.25. The van der Waals surface area contributed by atoms with Gasteiger partial charge in [0.05, 0.1) is 19.0 Å². The molecular formula is C18H21NO3S. The van der Waals surface area contributed by atoms with Gasteiger partial charge >= 0.3 is 0 Å². The minimum Gasteiger partial charge on any atom is -0.493 e. The second-order valence-corrected chi connectivity index (χ2v) is 5.74. The zero-order valence-corrected chi connectivity index (χ0v) is 14.0. The van der Waals surface area contributed by atoms with Gasteiger partial charge < -0.3 is 14.8 Å². The molecule has 0 aliphatic heterocycles. The maximum atomic E-state index is 11.5. The lowest BCUT2D eigenvalue weighted by atomic mass is 10.3. The Hall–Kier alpha value is -2.14. The van der Waals surface area contributed by atoms with E-state index in [2.05, 4.69) is 5.32 Å². The van der Waals surface area contributed by atoms with Crippen molar-refractivity contribution >= 4 is 23.4 Å². The highest BCUT2D eigenvalue weighted by atomic mass is 32.2. The van der Waals surface area contributed by atoms with E-state index < -0.39 is 0 Å². The van der Waals surface area contributed by atoms with Crippen molar-refractivity contribution in [2.75, 3.05) is 30.5 Å². The van der Waals surface area contributed by atoms with Gasteiger partial charge in [-0.3, -0.25) is 4.79 Å². The van der Waals surface area contributed by atoms with E-state index in [9.17, 15) is 4.79 Å². The molecule has 0 saturated heterocycles. The van der Waals surface area contributed by atoms with Gasteiger partial charge in [-0.15, -0.1) is 0 Å². The summed E-state index contributed by atoms with van der Waals surface area (Å²) in [5.41, 5.74) is 0.781.